The van der Waals surface area contributed by atoms with Gasteiger partial charge in [-0.3, -0.25) is 4.68 Å². The lowest BCUT2D eigenvalue weighted by Gasteiger charge is -1.99. The first-order valence-corrected chi connectivity index (χ1v) is 2.89. The Morgan fingerprint density at radius 1 is 1.60 bits per heavy atom. The minimum atomic E-state index is -2.42. The number of rotatable bonds is 1. The van der Waals surface area contributed by atoms with Crippen molar-refractivity contribution in [1.82, 2.24) is 9.78 Å². The summed E-state index contributed by atoms with van der Waals surface area (Å²) in [4.78, 5) is 0. The maximum atomic E-state index is 12.1. The first kappa shape index (κ1) is 7.18. The highest BCUT2D eigenvalue weighted by molar-refractivity contribution is 5.16. The van der Waals surface area contributed by atoms with E-state index in [9.17, 15) is 8.78 Å². The van der Waals surface area contributed by atoms with Gasteiger partial charge < -0.3 is 0 Å². The first-order chi connectivity index (χ1) is 4.63. The highest BCUT2D eigenvalue weighted by Gasteiger charge is 2.14. The van der Waals surface area contributed by atoms with Gasteiger partial charge in [0.25, 0.3) is 6.43 Å². The van der Waals surface area contributed by atoms with Gasteiger partial charge >= 0.3 is 0 Å². The van der Waals surface area contributed by atoms with E-state index >= 15 is 0 Å². The number of hydrogen-bond acceptors (Lipinski definition) is 1. The monoisotopic (exact) mass is 146 g/mol. The van der Waals surface area contributed by atoms with Gasteiger partial charge in [-0.1, -0.05) is 0 Å². The standard InChI is InChI=1S/C6H8F2N2/c1-4-3-9-10(2)5(4)6(7)8/h3,6H,1-2H3. The molecule has 0 saturated carbocycles. The third-order valence-electron chi connectivity index (χ3n) is 1.38. The Hall–Kier alpha value is -0.930. The van der Waals surface area contributed by atoms with Crippen LogP contribution >= 0.6 is 0 Å². The summed E-state index contributed by atoms with van der Waals surface area (Å²) >= 11 is 0. The average molecular weight is 146 g/mol. The van der Waals surface area contributed by atoms with Crippen LogP contribution in [0, 0.1) is 6.92 Å². The van der Waals surface area contributed by atoms with Crippen molar-refractivity contribution in [3.05, 3.63) is 17.5 Å². The fourth-order valence-electron chi connectivity index (χ4n) is 0.870. The van der Waals surface area contributed by atoms with Crippen LogP contribution in [0.4, 0.5) is 8.78 Å². The van der Waals surface area contributed by atoms with Crippen molar-refractivity contribution < 1.29 is 8.78 Å². The van der Waals surface area contributed by atoms with Gasteiger partial charge in [-0.15, -0.1) is 0 Å². The molecule has 0 fully saturated rings. The molecule has 0 aromatic carbocycles. The molecular formula is C6H8F2N2. The molecule has 0 N–H and O–H groups in total. The summed E-state index contributed by atoms with van der Waals surface area (Å²) in [6.45, 7) is 1.62. The number of halogens is 2. The molecule has 2 nitrogen and oxygen atoms in total. The van der Waals surface area contributed by atoms with Crippen molar-refractivity contribution in [3.8, 4) is 0 Å². The number of hydrogen-bond donors (Lipinski definition) is 0. The van der Waals surface area contributed by atoms with E-state index < -0.39 is 6.43 Å². The van der Waals surface area contributed by atoms with Crippen LogP contribution in [-0.4, -0.2) is 9.78 Å². The molecule has 0 bridgehead atoms. The normalized spacial score (nSPS) is 10.9. The fraction of sp³-hybridized carbons (Fsp3) is 0.500. The van der Waals surface area contributed by atoms with Gasteiger partial charge in [0.2, 0.25) is 0 Å². The Kier molecular flexibility index (Phi) is 1.70. The summed E-state index contributed by atoms with van der Waals surface area (Å²) < 4.78 is 25.3. The Balaban J connectivity index is 3.10. The highest BCUT2D eigenvalue weighted by atomic mass is 19.3. The molecule has 0 atom stereocenters. The van der Waals surface area contributed by atoms with E-state index in [4.69, 9.17) is 0 Å². The van der Waals surface area contributed by atoms with Crippen LogP contribution in [0.5, 0.6) is 0 Å². The largest absolute Gasteiger partial charge is 0.280 e. The zero-order valence-electron chi connectivity index (χ0n) is 5.81. The Labute approximate surface area is 57.5 Å². The van der Waals surface area contributed by atoms with Crippen molar-refractivity contribution in [2.75, 3.05) is 0 Å². The predicted octanol–water partition coefficient (Wildman–Crippen LogP) is 1.67. The zero-order valence-corrected chi connectivity index (χ0v) is 5.81. The number of nitrogens with zero attached hydrogens (tertiary/aromatic N) is 2. The van der Waals surface area contributed by atoms with Crippen LogP contribution in [0.3, 0.4) is 0 Å². The molecule has 1 rings (SSSR count). The second kappa shape index (κ2) is 2.36. The van der Waals surface area contributed by atoms with Gasteiger partial charge in [-0.05, 0) is 12.5 Å². The van der Waals surface area contributed by atoms with Crippen molar-refractivity contribution in [2.24, 2.45) is 7.05 Å². The van der Waals surface area contributed by atoms with Crippen molar-refractivity contribution in [1.29, 1.82) is 0 Å². The van der Waals surface area contributed by atoms with E-state index in [0.717, 1.165) is 0 Å². The van der Waals surface area contributed by atoms with Crippen LogP contribution in [0.15, 0.2) is 6.20 Å². The molecule has 1 heterocycles. The van der Waals surface area contributed by atoms with Crippen molar-refractivity contribution >= 4 is 0 Å². The number of aromatic nitrogens is 2. The molecule has 0 aliphatic carbocycles. The maximum Gasteiger partial charge on any atom is 0.280 e. The average Bonchev–Trinajstić information content (AvgIpc) is 2.11. The number of alkyl halides is 2. The van der Waals surface area contributed by atoms with Gasteiger partial charge in [0, 0.05) is 7.05 Å². The van der Waals surface area contributed by atoms with Crippen LogP contribution in [0.25, 0.3) is 0 Å². The fourth-order valence-corrected chi connectivity index (χ4v) is 0.870. The summed E-state index contributed by atoms with van der Waals surface area (Å²) in [5.74, 6) is 0. The third kappa shape index (κ3) is 1.01. The quantitative estimate of drug-likeness (QED) is 0.589. The first-order valence-electron chi connectivity index (χ1n) is 2.89. The highest BCUT2D eigenvalue weighted by Crippen LogP contribution is 2.20. The van der Waals surface area contributed by atoms with E-state index in [1.807, 2.05) is 0 Å². The molecule has 0 unspecified atom stereocenters. The maximum absolute atomic E-state index is 12.1. The Morgan fingerprint density at radius 3 is 2.40 bits per heavy atom. The minimum absolute atomic E-state index is 0.000000000000000222. The van der Waals surface area contributed by atoms with E-state index in [1.54, 1.807) is 6.92 Å². The molecule has 0 aliphatic rings. The molecule has 1 aromatic heterocycles. The molecule has 56 valence electrons. The second-order valence-corrected chi connectivity index (χ2v) is 2.14. The lowest BCUT2D eigenvalue weighted by molar-refractivity contribution is 0.140. The van der Waals surface area contributed by atoms with Crippen LogP contribution in [-0.2, 0) is 7.05 Å². The van der Waals surface area contributed by atoms with E-state index in [-0.39, 0.29) is 5.69 Å². The topological polar surface area (TPSA) is 17.8 Å². The zero-order chi connectivity index (χ0) is 7.72. The number of aryl methyl sites for hydroxylation is 2. The molecule has 0 aliphatic heterocycles. The summed E-state index contributed by atoms with van der Waals surface area (Å²) in [7, 11) is 1.51. The van der Waals surface area contributed by atoms with Crippen LogP contribution in [0.2, 0.25) is 0 Å². The van der Waals surface area contributed by atoms with E-state index in [1.165, 1.54) is 17.9 Å². The van der Waals surface area contributed by atoms with Gasteiger partial charge in [0.15, 0.2) is 0 Å². The summed E-state index contributed by atoms with van der Waals surface area (Å²) in [5, 5.41) is 3.67. The summed E-state index contributed by atoms with van der Waals surface area (Å²) in [6.07, 6.45) is -0.992. The molecule has 0 saturated heterocycles. The molecule has 10 heavy (non-hydrogen) atoms. The van der Waals surface area contributed by atoms with Crippen molar-refractivity contribution in [2.45, 2.75) is 13.3 Å². The lowest BCUT2D eigenvalue weighted by Crippen LogP contribution is -1.98. The predicted molar refractivity (Wildman–Crippen MR) is 32.9 cm³/mol. The Bertz CT molecular complexity index is 210. The van der Waals surface area contributed by atoms with Gasteiger partial charge in [-0.25, -0.2) is 8.78 Å². The molecule has 0 amide bonds. The second-order valence-electron chi connectivity index (χ2n) is 2.14. The minimum Gasteiger partial charge on any atom is -0.267 e. The van der Waals surface area contributed by atoms with Gasteiger partial charge in [0.05, 0.1) is 6.20 Å². The summed E-state index contributed by atoms with van der Waals surface area (Å²) in [6, 6.07) is 0. The van der Waals surface area contributed by atoms with Gasteiger partial charge in [-0.2, -0.15) is 5.10 Å². The molecule has 4 heteroatoms. The van der Waals surface area contributed by atoms with Gasteiger partial charge in [0.1, 0.15) is 5.69 Å². The van der Waals surface area contributed by atoms with Crippen LogP contribution in [0.1, 0.15) is 17.7 Å². The summed E-state index contributed by atoms with van der Waals surface area (Å²) in [5.41, 5.74) is 0.539. The SMILES string of the molecule is Cc1cnn(C)c1C(F)F. The van der Waals surface area contributed by atoms with Crippen molar-refractivity contribution in [3.63, 3.8) is 0 Å². The van der Waals surface area contributed by atoms with E-state index in [2.05, 4.69) is 5.10 Å². The molecular weight excluding hydrogens is 138 g/mol. The third-order valence-corrected chi connectivity index (χ3v) is 1.38. The Morgan fingerprint density at radius 2 is 2.20 bits per heavy atom. The van der Waals surface area contributed by atoms with E-state index in [0.29, 0.717) is 5.56 Å². The van der Waals surface area contributed by atoms with Crippen LogP contribution < -0.4 is 0 Å². The molecule has 1 aromatic rings. The lowest BCUT2D eigenvalue weighted by atomic mass is 10.3. The molecule has 0 radical (unpaired) electrons. The smallest absolute Gasteiger partial charge is 0.267 e. The molecule has 0 spiro atoms.